The average Bonchev–Trinajstić information content (AvgIpc) is 3.04. The molecule has 3 fully saturated rings. The van der Waals surface area contributed by atoms with Crippen molar-refractivity contribution in [1.29, 1.82) is 0 Å². The second-order valence-corrected chi connectivity index (χ2v) is 11.9. The van der Waals surface area contributed by atoms with E-state index in [1.54, 1.807) is 12.1 Å². The molecule has 1 aliphatic carbocycles. The van der Waals surface area contributed by atoms with E-state index in [0.717, 1.165) is 11.1 Å². The van der Waals surface area contributed by atoms with Gasteiger partial charge in [0.25, 0.3) is 0 Å². The van der Waals surface area contributed by atoms with Gasteiger partial charge >= 0.3 is 0 Å². The molecule has 2 heterocycles. The Balaban J connectivity index is 1.23. The zero-order valence-corrected chi connectivity index (χ0v) is 24.8. The molecule has 250 valence electrons. The van der Waals surface area contributed by atoms with Crippen molar-refractivity contribution < 1.29 is 65.8 Å². The second-order valence-electron chi connectivity index (χ2n) is 11.9. The van der Waals surface area contributed by atoms with Gasteiger partial charge in [0, 0.05) is 12.1 Å². The van der Waals surface area contributed by atoms with Gasteiger partial charge < -0.3 is 77.3 Å². The highest BCUT2D eigenvalue weighted by atomic mass is 16.7. The molecule has 16 N–H and O–H groups in total. The van der Waals surface area contributed by atoms with Gasteiger partial charge in [-0.2, -0.15) is 0 Å². The molecule has 2 aromatic rings. The monoisotopic (exact) mass is 638 g/mol. The Kier molecular flexibility index (Phi) is 11.1. The van der Waals surface area contributed by atoms with Crippen molar-refractivity contribution in [2.75, 3.05) is 13.2 Å². The lowest BCUT2D eigenvalue weighted by Crippen LogP contribution is -2.79. The number of aliphatic hydroxyl groups is 6. The van der Waals surface area contributed by atoms with Gasteiger partial charge in [-0.1, -0.05) is 42.5 Å². The minimum Gasteiger partial charge on any atom is -0.491 e. The molecule has 15 nitrogen and oxygen atoms in total. The zero-order chi connectivity index (χ0) is 32.4. The van der Waals surface area contributed by atoms with Crippen molar-refractivity contribution in [3.05, 3.63) is 54.6 Å². The first-order valence-corrected chi connectivity index (χ1v) is 15.1. The fourth-order valence-corrected chi connectivity index (χ4v) is 6.03. The van der Waals surface area contributed by atoms with Gasteiger partial charge in [-0.25, -0.2) is 0 Å². The first-order valence-electron chi connectivity index (χ1n) is 15.1. The molecule has 0 aromatic heterocycles. The summed E-state index contributed by atoms with van der Waals surface area (Å²) >= 11 is 0. The molecule has 1 saturated carbocycles. The van der Waals surface area contributed by atoms with E-state index in [1.165, 1.54) is 0 Å². The maximum absolute atomic E-state index is 11.3. The van der Waals surface area contributed by atoms with Crippen LogP contribution in [-0.4, -0.2) is 136 Å². The van der Waals surface area contributed by atoms with Crippen LogP contribution in [-0.2, 0) is 18.9 Å². The van der Waals surface area contributed by atoms with Crippen molar-refractivity contribution >= 4 is 0 Å². The Morgan fingerprint density at radius 3 is 1.82 bits per heavy atom. The summed E-state index contributed by atoms with van der Waals surface area (Å²) in [4.78, 5) is 0. The number of ether oxygens (including phenoxy) is 5. The highest BCUT2D eigenvalue weighted by Crippen LogP contribution is 2.31. The Morgan fingerprint density at radius 2 is 1.22 bits per heavy atom. The van der Waals surface area contributed by atoms with Crippen molar-refractivity contribution in [2.24, 2.45) is 11.5 Å². The molecule has 2 saturated heterocycles. The molecule has 15 atom stereocenters. The van der Waals surface area contributed by atoms with E-state index in [1.807, 2.05) is 42.5 Å². The normalized spacial score (nSPS) is 42.3. The lowest BCUT2D eigenvalue weighted by Gasteiger charge is -2.47. The van der Waals surface area contributed by atoms with Gasteiger partial charge in [0.1, 0.15) is 79.9 Å². The van der Waals surface area contributed by atoms with Gasteiger partial charge in [0.2, 0.25) is 0 Å². The zero-order valence-electron chi connectivity index (χ0n) is 24.8. The molecular weight excluding hydrogens is 592 g/mol. The topological polar surface area (TPSA) is 275 Å². The highest BCUT2D eigenvalue weighted by Gasteiger charge is 2.52. The average molecular weight is 639 g/mol. The van der Waals surface area contributed by atoms with Crippen molar-refractivity contribution in [2.45, 2.75) is 98.2 Å². The van der Waals surface area contributed by atoms with E-state index in [0.29, 0.717) is 5.75 Å². The number of quaternary nitrogens is 2. The lowest BCUT2D eigenvalue weighted by atomic mass is 9.84. The number of hydrogen-bond donors (Lipinski definition) is 10. The first kappa shape index (κ1) is 34.0. The minimum atomic E-state index is -1.63. The standard InChI is InChI=1S/C30H44N4O11/c31-11-18-22(36)24(38)25(39)30(42-18)45-28-17(33)10-16(32)27(26(28)40)44-29-23(37)20(34)21(35)19(43-29)12-41-15-8-6-14(7-9-15)13-4-2-1-3-5-13/h1-9,16-30,35-40H,10-12,31-34H2/p+2/t16?,17?,18?,19-,20-,21?,22-,23-,24+,25?,26-,27-,28?,29?,30-/m1/s1. The molecule has 2 aliphatic heterocycles. The van der Waals surface area contributed by atoms with E-state index >= 15 is 0 Å². The van der Waals surface area contributed by atoms with Crippen molar-refractivity contribution in [3.63, 3.8) is 0 Å². The lowest BCUT2D eigenvalue weighted by molar-refractivity contribution is -0.491. The Bertz CT molecular complexity index is 1210. The molecule has 0 spiro atoms. The third kappa shape index (κ3) is 7.32. The fraction of sp³-hybridized carbons (Fsp3) is 0.600. The number of hydrogen-bond acceptors (Lipinski definition) is 13. The predicted molar refractivity (Wildman–Crippen MR) is 155 cm³/mol. The van der Waals surface area contributed by atoms with E-state index in [4.69, 9.17) is 35.2 Å². The summed E-state index contributed by atoms with van der Waals surface area (Å²) in [5, 5.41) is 63.8. The predicted octanol–water partition coefficient (Wildman–Crippen LogP) is -4.97. The number of aliphatic hydroxyl groups excluding tert-OH is 6. The summed E-state index contributed by atoms with van der Waals surface area (Å²) in [6.07, 6.45) is -15.5. The van der Waals surface area contributed by atoms with E-state index in [-0.39, 0.29) is 19.6 Å². The third-order valence-corrected chi connectivity index (χ3v) is 8.82. The van der Waals surface area contributed by atoms with Crippen LogP contribution in [0.15, 0.2) is 54.6 Å². The van der Waals surface area contributed by atoms with Gasteiger partial charge in [0.05, 0.1) is 0 Å². The maximum atomic E-state index is 11.3. The summed E-state index contributed by atoms with van der Waals surface area (Å²) in [5.41, 5.74) is 22.2. The summed E-state index contributed by atoms with van der Waals surface area (Å²) in [7, 11) is 0. The molecule has 0 bridgehead atoms. The number of benzene rings is 2. The Hall–Kier alpha value is -2.32. The van der Waals surface area contributed by atoms with Gasteiger partial charge in [0.15, 0.2) is 18.7 Å². The second kappa shape index (κ2) is 14.6. The van der Waals surface area contributed by atoms with Crippen LogP contribution in [0.5, 0.6) is 5.75 Å². The molecule has 15 heteroatoms. The largest absolute Gasteiger partial charge is 0.491 e. The van der Waals surface area contributed by atoms with Crippen LogP contribution in [0.4, 0.5) is 0 Å². The molecule has 3 aliphatic rings. The summed E-state index contributed by atoms with van der Waals surface area (Å²) < 4.78 is 29.3. The van der Waals surface area contributed by atoms with Crippen LogP contribution in [0.25, 0.3) is 11.1 Å². The third-order valence-electron chi connectivity index (χ3n) is 8.82. The van der Waals surface area contributed by atoms with E-state index in [9.17, 15) is 30.6 Å². The summed E-state index contributed by atoms with van der Waals surface area (Å²) in [6.45, 7) is -0.00157. The van der Waals surface area contributed by atoms with Crippen LogP contribution >= 0.6 is 0 Å². The quantitative estimate of drug-likeness (QED) is 0.123. The summed E-state index contributed by atoms with van der Waals surface area (Å²) in [5.74, 6) is 0.541. The minimum absolute atomic E-state index is 0.0829. The molecule has 0 radical (unpaired) electrons. The molecule has 2 aromatic carbocycles. The number of nitrogens with two attached hydrogens (primary N) is 2. The number of rotatable bonds is 9. The molecule has 0 amide bonds. The van der Waals surface area contributed by atoms with Crippen molar-refractivity contribution in [3.8, 4) is 16.9 Å². The maximum Gasteiger partial charge on any atom is 0.190 e. The molecule has 7 unspecified atom stereocenters. The van der Waals surface area contributed by atoms with E-state index in [2.05, 4.69) is 11.5 Å². The van der Waals surface area contributed by atoms with Crippen LogP contribution in [0.3, 0.4) is 0 Å². The van der Waals surface area contributed by atoms with Crippen LogP contribution in [0.2, 0.25) is 0 Å². The SMILES string of the molecule is NC1CC(N)[C@@H](OC2O[C@H](COc3ccc(-c4ccccc4)cc3)C(O)[C@@H]([NH3+])[C@H]2O)[C@@H](O)C1O[C@H]1OC(C[NH3+])[C@@H](O)[C@H](O)C1O. The first-order chi connectivity index (χ1) is 21.5. The Morgan fingerprint density at radius 1 is 0.667 bits per heavy atom. The molecular formula is C30H46N4O11+2. The Labute approximate surface area is 260 Å². The van der Waals surface area contributed by atoms with Crippen molar-refractivity contribution in [1.82, 2.24) is 0 Å². The van der Waals surface area contributed by atoms with Crippen LogP contribution < -0.4 is 27.7 Å². The van der Waals surface area contributed by atoms with Crippen LogP contribution in [0, 0.1) is 0 Å². The highest BCUT2D eigenvalue weighted by molar-refractivity contribution is 5.63. The smallest absolute Gasteiger partial charge is 0.190 e. The molecule has 45 heavy (non-hydrogen) atoms. The van der Waals surface area contributed by atoms with Crippen LogP contribution in [0.1, 0.15) is 6.42 Å². The van der Waals surface area contributed by atoms with Gasteiger partial charge in [-0.05, 0) is 29.7 Å². The van der Waals surface area contributed by atoms with Gasteiger partial charge in [-0.3, -0.25) is 0 Å². The fourth-order valence-electron chi connectivity index (χ4n) is 6.03. The summed E-state index contributed by atoms with van der Waals surface area (Å²) in [6, 6.07) is 14.7. The van der Waals surface area contributed by atoms with Gasteiger partial charge in [-0.15, -0.1) is 0 Å². The molecule has 5 rings (SSSR count). The van der Waals surface area contributed by atoms with E-state index < -0.39 is 91.7 Å².